The van der Waals surface area contributed by atoms with Gasteiger partial charge in [-0.05, 0) is 54.8 Å². The molecule has 2 N–H and O–H groups in total. The number of benzene rings is 2. The van der Waals surface area contributed by atoms with Crippen LogP contribution in [-0.2, 0) is 13.0 Å². The summed E-state index contributed by atoms with van der Waals surface area (Å²) in [6.45, 7) is 3.44. The largest absolute Gasteiger partial charge is 0.497 e. The fourth-order valence-corrected chi connectivity index (χ4v) is 3.82. The van der Waals surface area contributed by atoms with Crippen LogP contribution in [0.4, 0.5) is 0 Å². The predicted octanol–water partition coefficient (Wildman–Crippen LogP) is 4.04. The van der Waals surface area contributed by atoms with Gasteiger partial charge in [0.1, 0.15) is 16.5 Å². The summed E-state index contributed by atoms with van der Waals surface area (Å²) in [7, 11) is 5.14. The van der Waals surface area contributed by atoms with Crippen molar-refractivity contribution in [1.29, 1.82) is 0 Å². The molecule has 3 aromatic rings. The Morgan fingerprint density at radius 3 is 2.57 bits per heavy atom. The number of ether oxygens (including phenoxy) is 2. The lowest BCUT2D eigenvalue weighted by molar-refractivity contribution is 0.411. The highest BCUT2D eigenvalue weighted by atomic mass is 32.1. The van der Waals surface area contributed by atoms with Crippen molar-refractivity contribution >= 4 is 17.3 Å². The minimum absolute atomic E-state index is 0.616. The molecule has 0 aliphatic carbocycles. The minimum Gasteiger partial charge on any atom is -0.497 e. The van der Waals surface area contributed by atoms with Crippen molar-refractivity contribution in [2.45, 2.75) is 19.9 Å². The van der Waals surface area contributed by atoms with Gasteiger partial charge in [-0.3, -0.25) is 4.99 Å². The standard InChI is InChI=1S/C23H28N4O2S/c1-16-5-6-17(13-21(16)29-4)11-12-25-23(24-2)26-14-19-15-30-22(27-19)18-7-9-20(28-3)10-8-18/h5-10,13,15H,11-12,14H2,1-4H3,(H2,24,25,26). The van der Waals surface area contributed by atoms with Crippen molar-refractivity contribution in [3.8, 4) is 22.1 Å². The molecule has 1 aromatic heterocycles. The number of aromatic nitrogens is 1. The van der Waals surface area contributed by atoms with E-state index in [0.717, 1.165) is 52.3 Å². The van der Waals surface area contributed by atoms with Crippen molar-refractivity contribution in [3.63, 3.8) is 0 Å². The second-order valence-corrected chi connectivity index (χ2v) is 7.64. The number of hydrogen-bond acceptors (Lipinski definition) is 5. The summed E-state index contributed by atoms with van der Waals surface area (Å²) < 4.78 is 10.6. The Balaban J connectivity index is 1.49. The van der Waals surface area contributed by atoms with Gasteiger partial charge < -0.3 is 20.1 Å². The van der Waals surface area contributed by atoms with Gasteiger partial charge in [-0.15, -0.1) is 11.3 Å². The second kappa shape index (κ2) is 10.6. The maximum atomic E-state index is 5.40. The average Bonchev–Trinajstić information content (AvgIpc) is 3.26. The summed E-state index contributed by atoms with van der Waals surface area (Å²) in [5, 5.41) is 9.74. The van der Waals surface area contributed by atoms with Gasteiger partial charge in [-0.2, -0.15) is 0 Å². The molecule has 0 radical (unpaired) electrons. The lowest BCUT2D eigenvalue weighted by atomic mass is 10.1. The molecular formula is C23H28N4O2S. The van der Waals surface area contributed by atoms with Crippen molar-refractivity contribution < 1.29 is 9.47 Å². The molecule has 0 amide bonds. The first kappa shape index (κ1) is 21.6. The van der Waals surface area contributed by atoms with Crippen molar-refractivity contribution in [3.05, 3.63) is 64.7 Å². The summed E-state index contributed by atoms with van der Waals surface area (Å²) in [4.78, 5) is 9.01. The van der Waals surface area contributed by atoms with Gasteiger partial charge in [-0.25, -0.2) is 4.98 Å². The van der Waals surface area contributed by atoms with Crippen LogP contribution in [0.5, 0.6) is 11.5 Å². The van der Waals surface area contributed by atoms with E-state index in [4.69, 9.17) is 14.5 Å². The number of thiazole rings is 1. The first-order valence-corrected chi connectivity index (χ1v) is 10.7. The molecule has 0 saturated carbocycles. The van der Waals surface area contributed by atoms with Crippen LogP contribution in [0.2, 0.25) is 0 Å². The molecule has 1 heterocycles. The molecular weight excluding hydrogens is 396 g/mol. The number of aryl methyl sites for hydroxylation is 1. The maximum absolute atomic E-state index is 5.40. The Kier molecular flexibility index (Phi) is 7.68. The van der Waals surface area contributed by atoms with Crippen LogP contribution in [0.25, 0.3) is 10.6 Å². The van der Waals surface area contributed by atoms with Gasteiger partial charge in [0.15, 0.2) is 5.96 Å². The molecule has 0 spiro atoms. The Hall–Kier alpha value is -3.06. The van der Waals surface area contributed by atoms with E-state index >= 15 is 0 Å². The highest BCUT2D eigenvalue weighted by molar-refractivity contribution is 7.13. The molecule has 0 atom stereocenters. The van der Waals surface area contributed by atoms with Crippen LogP contribution in [0.1, 0.15) is 16.8 Å². The SMILES string of the molecule is CN=C(NCCc1ccc(C)c(OC)c1)NCc1csc(-c2ccc(OC)cc2)n1. The van der Waals surface area contributed by atoms with Gasteiger partial charge in [0.05, 0.1) is 26.5 Å². The molecule has 0 bridgehead atoms. The van der Waals surface area contributed by atoms with Crippen LogP contribution in [0.3, 0.4) is 0 Å². The first-order chi connectivity index (χ1) is 14.6. The summed E-state index contributed by atoms with van der Waals surface area (Å²) in [6, 6.07) is 14.2. The number of rotatable bonds is 8. The third kappa shape index (κ3) is 5.73. The van der Waals surface area contributed by atoms with E-state index in [1.807, 2.05) is 31.2 Å². The first-order valence-electron chi connectivity index (χ1n) is 9.79. The Bertz CT molecular complexity index is 983. The molecule has 0 saturated heterocycles. The number of aliphatic imine (C=N–C) groups is 1. The quantitative estimate of drug-likeness (QED) is 0.422. The fourth-order valence-electron chi connectivity index (χ4n) is 2.99. The zero-order chi connectivity index (χ0) is 21.3. The van der Waals surface area contributed by atoms with Gasteiger partial charge in [0.2, 0.25) is 0 Å². The van der Waals surface area contributed by atoms with E-state index in [2.05, 4.69) is 39.2 Å². The average molecular weight is 425 g/mol. The van der Waals surface area contributed by atoms with Crippen molar-refractivity contribution in [2.75, 3.05) is 27.8 Å². The highest BCUT2D eigenvalue weighted by Crippen LogP contribution is 2.25. The molecule has 158 valence electrons. The lowest BCUT2D eigenvalue weighted by Crippen LogP contribution is -2.37. The lowest BCUT2D eigenvalue weighted by Gasteiger charge is -2.12. The summed E-state index contributed by atoms with van der Waals surface area (Å²) in [5.41, 5.74) is 4.44. The zero-order valence-corrected chi connectivity index (χ0v) is 18.7. The fraction of sp³-hybridized carbons (Fsp3) is 0.304. The Morgan fingerprint density at radius 2 is 1.87 bits per heavy atom. The van der Waals surface area contributed by atoms with Crippen LogP contribution in [0.15, 0.2) is 52.8 Å². The van der Waals surface area contributed by atoms with Crippen LogP contribution in [-0.4, -0.2) is 38.8 Å². The molecule has 30 heavy (non-hydrogen) atoms. The van der Waals surface area contributed by atoms with Gasteiger partial charge in [0, 0.05) is 24.5 Å². The van der Waals surface area contributed by atoms with Crippen molar-refractivity contribution in [2.24, 2.45) is 4.99 Å². The summed E-state index contributed by atoms with van der Waals surface area (Å²) >= 11 is 1.63. The predicted molar refractivity (Wildman–Crippen MR) is 124 cm³/mol. The van der Waals surface area contributed by atoms with E-state index in [1.165, 1.54) is 5.56 Å². The van der Waals surface area contributed by atoms with E-state index in [9.17, 15) is 0 Å². The van der Waals surface area contributed by atoms with Crippen LogP contribution >= 0.6 is 11.3 Å². The van der Waals surface area contributed by atoms with E-state index < -0.39 is 0 Å². The molecule has 0 fully saturated rings. The van der Waals surface area contributed by atoms with Crippen LogP contribution in [0, 0.1) is 6.92 Å². The summed E-state index contributed by atoms with van der Waals surface area (Å²) in [6.07, 6.45) is 0.885. The van der Waals surface area contributed by atoms with Gasteiger partial charge in [0.25, 0.3) is 0 Å². The number of guanidine groups is 1. The maximum Gasteiger partial charge on any atom is 0.191 e. The van der Waals surface area contributed by atoms with Crippen LogP contribution < -0.4 is 20.1 Å². The monoisotopic (exact) mass is 424 g/mol. The van der Waals surface area contributed by atoms with Gasteiger partial charge >= 0.3 is 0 Å². The highest BCUT2D eigenvalue weighted by Gasteiger charge is 2.07. The van der Waals surface area contributed by atoms with E-state index in [-0.39, 0.29) is 0 Å². The van der Waals surface area contributed by atoms with E-state index in [1.54, 1.807) is 32.6 Å². The molecule has 3 rings (SSSR count). The molecule has 6 nitrogen and oxygen atoms in total. The minimum atomic E-state index is 0.616. The normalized spacial score (nSPS) is 11.3. The Morgan fingerprint density at radius 1 is 1.07 bits per heavy atom. The molecule has 7 heteroatoms. The van der Waals surface area contributed by atoms with Gasteiger partial charge in [-0.1, -0.05) is 12.1 Å². The molecule has 2 aromatic carbocycles. The number of nitrogens with one attached hydrogen (secondary N) is 2. The number of hydrogen-bond donors (Lipinski definition) is 2. The molecule has 0 unspecified atom stereocenters. The number of methoxy groups -OCH3 is 2. The number of nitrogens with zero attached hydrogens (tertiary/aromatic N) is 2. The molecule has 0 aliphatic heterocycles. The smallest absolute Gasteiger partial charge is 0.191 e. The third-order valence-corrected chi connectivity index (χ3v) is 5.67. The molecule has 0 aliphatic rings. The zero-order valence-electron chi connectivity index (χ0n) is 17.9. The van der Waals surface area contributed by atoms with E-state index in [0.29, 0.717) is 6.54 Å². The third-order valence-electron chi connectivity index (χ3n) is 4.73. The summed E-state index contributed by atoms with van der Waals surface area (Å²) in [5.74, 6) is 2.52. The Labute approximate surface area is 182 Å². The van der Waals surface area contributed by atoms with Crippen molar-refractivity contribution in [1.82, 2.24) is 15.6 Å². The topological polar surface area (TPSA) is 67.8 Å². The second-order valence-electron chi connectivity index (χ2n) is 6.78.